The summed E-state index contributed by atoms with van der Waals surface area (Å²) in [5.74, 6) is 0.00937. The third-order valence-corrected chi connectivity index (χ3v) is 3.54. The van der Waals surface area contributed by atoms with Crippen LogP contribution >= 0.6 is 0 Å². The lowest BCUT2D eigenvalue weighted by Crippen LogP contribution is -2.34. The first-order valence-corrected chi connectivity index (χ1v) is 6.63. The van der Waals surface area contributed by atoms with Gasteiger partial charge in [0.05, 0.1) is 0 Å². The predicted octanol–water partition coefficient (Wildman–Crippen LogP) is 2.42. The molecule has 1 saturated heterocycles. The first-order chi connectivity index (χ1) is 8.58. The van der Waals surface area contributed by atoms with E-state index in [0.717, 1.165) is 24.9 Å². The Kier molecular flexibility index (Phi) is 4.02. The SMILES string of the molecule is CC(C)Cc1ccc(C2CCNC2C(=O)O)cc1. The molecule has 1 aromatic rings. The number of benzene rings is 1. The highest BCUT2D eigenvalue weighted by molar-refractivity contribution is 5.75. The molecule has 1 aliphatic heterocycles. The molecule has 0 radical (unpaired) electrons. The second kappa shape index (κ2) is 5.53. The van der Waals surface area contributed by atoms with E-state index in [4.69, 9.17) is 5.11 Å². The lowest BCUT2D eigenvalue weighted by atomic mass is 9.90. The Bertz CT molecular complexity index is 411. The van der Waals surface area contributed by atoms with Gasteiger partial charge in [0.1, 0.15) is 6.04 Å². The summed E-state index contributed by atoms with van der Waals surface area (Å²) < 4.78 is 0. The summed E-state index contributed by atoms with van der Waals surface area (Å²) in [5, 5.41) is 12.2. The van der Waals surface area contributed by atoms with Crippen molar-refractivity contribution in [1.29, 1.82) is 0 Å². The summed E-state index contributed by atoms with van der Waals surface area (Å²) >= 11 is 0. The Hall–Kier alpha value is -1.35. The van der Waals surface area contributed by atoms with Gasteiger partial charge in [-0.25, -0.2) is 0 Å². The standard InChI is InChI=1S/C15H21NO2/c1-10(2)9-11-3-5-12(6-4-11)13-7-8-16-14(13)15(17)18/h3-6,10,13-14,16H,7-9H2,1-2H3,(H,17,18). The predicted molar refractivity (Wildman–Crippen MR) is 71.8 cm³/mol. The van der Waals surface area contributed by atoms with E-state index in [2.05, 4.69) is 43.4 Å². The van der Waals surface area contributed by atoms with Crippen molar-refractivity contribution in [2.24, 2.45) is 5.92 Å². The smallest absolute Gasteiger partial charge is 0.321 e. The summed E-state index contributed by atoms with van der Waals surface area (Å²) in [4.78, 5) is 11.1. The molecular weight excluding hydrogens is 226 g/mol. The van der Waals surface area contributed by atoms with E-state index in [0.29, 0.717) is 5.92 Å². The van der Waals surface area contributed by atoms with Crippen LogP contribution in [0, 0.1) is 5.92 Å². The summed E-state index contributed by atoms with van der Waals surface area (Å²) in [6, 6.07) is 8.01. The average Bonchev–Trinajstić information content (AvgIpc) is 2.78. The maximum absolute atomic E-state index is 11.1. The first-order valence-electron chi connectivity index (χ1n) is 6.63. The van der Waals surface area contributed by atoms with Gasteiger partial charge in [0.15, 0.2) is 0 Å². The normalized spacial score (nSPS) is 23.5. The molecule has 0 saturated carbocycles. The number of nitrogens with one attached hydrogen (secondary N) is 1. The molecule has 18 heavy (non-hydrogen) atoms. The highest BCUT2D eigenvalue weighted by Gasteiger charge is 2.33. The third kappa shape index (κ3) is 2.91. The van der Waals surface area contributed by atoms with Crippen LogP contribution in [0.2, 0.25) is 0 Å². The molecule has 2 N–H and O–H groups in total. The molecule has 0 aromatic heterocycles. The van der Waals surface area contributed by atoms with Gasteiger partial charge < -0.3 is 10.4 Å². The van der Waals surface area contributed by atoms with Crippen molar-refractivity contribution >= 4 is 5.97 Å². The van der Waals surface area contributed by atoms with Crippen LogP contribution in [-0.4, -0.2) is 23.7 Å². The van der Waals surface area contributed by atoms with Gasteiger partial charge in [-0.1, -0.05) is 38.1 Å². The van der Waals surface area contributed by atoms with Crippen molar-refractivity contribution in [3.05, 3.63) is 35.4 Å². The van der Waals surface area contributed by atoms with E-state index in [1.807, 2.05) is 0 Å². The zero-order chi connectivity index (χ0) is 13.1. The molecule has 2 atom stereocenters. The molecule has 2 rings (SSSR count). The number of carboxylic acid groups (broad SMARTS) is 1. The summed E-state index contributed by atoms with van der Waals surface area (Å²) in [6.45, 7) is 5.19. The molecule has 3 nitrogen and oxygen atoms in total. The quantitative estimate of drug-likeness (QED) is 0.859. The Morgan fingerprint density at radius 2 is 2.06 bits per heavy atom. The second-order valence-electron chi connectivity index (χ2n) is 5.50. The van der Waals surface area contributed by atoms with Gasteiger partial charge >= 0.3 is 5.97 Å². The highest BCUT2D eigenvalue weighted by Crippen LogP contribution is 2.28. The summed E-state index contributed by atoms with van der Waals surface area (Å²) in [7, 11) is 0. The molecule has 0 spiro atoms. The monoisotopic (exact) mass is 247 g/mol. The van der Waals surface area contributed by atoms with Crippen LogP contribution in [0.3, 0.4) is 0 Å². The van der Waals surface area contributed by atoms with Crippen LogP contribution in [0.15, 0.2) is 24.3 Å². The molecule has 98 valence electrons. The Morgan fingerprint density at radius 3 is 2.61 bits per heavy atom. The average molecular weight is 247 g/mol. The minimum atomic E-state index is -0.747. The van der Waals surface area contributed by atoms with Gasteiger partial charge in [-0.15, -0.1) is 0 Å². The van der Waals surface area contributed by atoms with Crippen molar-refractivity contribution in [3.8, 4) is 0 Å². The van der Waals surface area contributed by atoms with Crippen LogP contribution in [-0.2, 0) is 11.2 Å². The van der Waals surface area contributed by atoms with Crippen molar-refractivity contribution in [2.45, 2.75) is 38.6 Å². The van der Waals surface area contributed by atoms with Gasteiger partial charge in [-0.3, -0.25) is 4.79 Å². The number of carbonyl (C=O) groups is 1. The van der Waals surface area contributed by atoms with E-state index < -0.39 is 12.0 Å². The van der Waals surface area contributed by atoms with Crippen molar-refractivity contribution in [3.63, 3.8) is 0 Å². The maximum Gasteiger partial charge on any atom is 0.321 e. The number of rotatable bonds is 4. The van der Waals surface area contributed by atoms with E-state index >= 15 is 0 Å². The Balaban J connectivity index is 2.11. The topological polar surface area (TPSA) is 49.3 Å². The van der Waals surface area contributed by atoms with Crippen molar-refractivity contribution in [1.82, 2.24) is 5.32 Å². The lowest BCUT2D eigenvalue weighted by molar-refractivity contribution is -0.139. The molecule has 1 aliphatic rings. The highest BCUT2D eigenvalue weighted by atomic mass is 16.4. The summed E-state index contributed by atoms with van der Waals surface area (Å²) in [5.41, 5.74) is 2.46. The Morgan fingerprint density at radius 1 is 1.39 bits per heavy atom. The second-order valence-corrected chi connectivity index (χ2v) is 5.50. The van der Waals surface area contributed by atoms with E-state index in [1.54, 1.807) is 0 Å². The fourth-order valence-electron chi connectivity index (χ4n) is 2.69. The number of hydrogen-bond donors (Lipinski definition) is 2. The van der Waals surface area contributed by atoms with Gasteiger partial charge in [0.2, 0.25) is 0 Å². The molecule has 0 aliphatic carbocycles. The van der Waals surface area contributed by atoms with Crippen molar-refractivity contribution < 1.29 is 9.90 Å². The molecule has 0 amide bonds. The van der Waals surface area contributed by atoms with Crippen LogP contribution < -0.4 is 5.32 Å². The van der Waals surface area contributed by atoms with Gasteiger partial charge in [0.25, 0.3) is 0 Å². The minimum Gasteiger partial charge on any atom is -0.480 e. The zero-order valence-electron chi connectivity index (χ0n) is 11.0. The number of aliphatic carboxylic acids is 1. The van der Waals surface area contributed by atoms with Crippen molar-refractivity contribution in [2.75, 3.05) is 6.54 Å². The molecule has 2 unspecified atom stereocenters. The largest absolute Gasteiger partial charge is 0.480 e. The van der Waals surface area contributed by atoms with E-state index in [9.17, 15) is 4.79 Å². The Labute approximate surface area is 108 Å². The molecular formula is C15H21NO2. The van der Waals surface area contributed by atoms with Gasteiger partial charge in [-0.2, -0.15) is 0 Å². The fraction of sp³-hybridized carbons (Fsp3) is 0.533. The van der Waals surface area contributed by atoms with Crippen LogP contribution in [0.5, 0.6) is 0 Å². The maximum atomic E-state index is 11.1. The minimum absolute atomic E-state index is 0.107. The number of hydrogen-bond acceptors (Lipinski definition) is 2. The molecule has 0 bridgehead atoms. The fourth-order valence-corrected chi connectivity index (χ4v) is 2.69. The lowest BCUT2D eigenvalue weighted by Gasteiger charge is -2.16. The molecule has 1 aromatic carbocycles. The van der Waals surface area contributed by atoms with Gasteiger partial charge in [0, 0.05) is 5.92 Å². The number of carboxylic acids is 1. The van der Waals surface area contributed by atoms with E-state index in [-0.39, 0.29) is 5.92 Å². The molecule has 3 heteroatoms. The van der Waals surface area contributed by atoms with Crippen LogP contribution in [0.1, 0.15) is 37.3 Å². The van der Waals surface area contributed by atoms with Crippen LogP contribution in [0.25, 0.3) is 0 Å². The molecule has 1 fully saturated rings. The van der Waals surface area contributed by atoms with Crippen LogP contribution in [0.4, 0.5) is 0 Å². The van der Waals surface area contributed by atoms with Gasteiger partial charge in [-0.05, 0) is 36.4 Å². The zero-order valence-corrected chi connectivity index (χ0v) is 11.0. The first kappa shape index (κ1) is 13.1. The summed E-state index contributed by atoms with van der Waals surface area (Å²) in [6.07, 6.45) is 1.98. The van der Waals surface area contributed by atoms with E-state index in [1.165, 1.54) is 5.56 Å². The molecule has 1 heterocycles. The third-order valence-electron chi connectivity index (χ3n) is 3.54.